The fraction of sp³-hybridized carbons (Fsp3) is 0.941. The fourth-order valence-corrected chi connectivity index (χ4v) is 4.54. The van der Waals surface area contributed by atoms with Gasteiger partial charge >= 0.3 is 0 Å². The average Bonchev–Trinajstić information content (AvgIpc) is 2.77. The van der Waals surface area contributed by atoms with E-state index in [1.165, 1.54) is 32.1 Å². The van der Waals surface area contributed by atoms with Gasteiger partial charge in [-0.1, -0.05) is 19.3 Å². The minimum absolute atomic E-state index is 0.205. The van der Waals surface area contributed by atoms with Crippen molar-refractivity contribution in [1.29, 1.82) is 0 Å². The average molecular weight is 293 g/mol. The summed E-state index contributed by atoms with van der Waals surface area (Å²) < 4.78 is 0. The lowest BCUT2D eigenvalue weighted by molar-refractivity contribution is -0.131. The Bertz CT molecular complexity index is 387. The highest BCUT2D eigenvalue weighted by molar-refractivity contribution is 5.88. The molecule has 1 amide bonds. The van der Waals surface area contributed by atoms with Crippen LogP contribution in [0.1, 0.15) is 65.7 Å². The minimum atomic E-state index is -0.205. The molecular formula is C17H31N3O. The van der Waals surface area contributed by atoms with Crippen molar-refractivity contribution in [2.75, 3.05) is 19.8 Å². The van der Waals surface area contributed by atoms with E-state index in [9.17, 15) is 4.79 Å². The van der Waals surface area contributed by atoms with E-state index in [0.29, 0.717) is 11.9 Å². The Morgan fingerprint density at radius 2 is 1.71 bits per heavy atom. The Kier molecular flexibility index (Phi) is 4.04. The van der Waals surface area contributed by atoms with Crippen LogP contribution in [-0.4, -0.2) is 52.6 Å². The molecule has 1 spiro atoms. The largest absolute Gasteiger partial charge is 0.342 e. The number of amides is 1. The summed E-state index contributed by atoms with van der Waals surface area (Å²) in [7, 11) is 0. The first kappa shape index (κ1) is 15.3. The summed E-state index contributed by atoms with van der Waals surface area (Å²) in [5.41, 5.74) is 0.0100. The third kappa shape index (κ3) is 2.72. The summed E-state index contributed by atoms with van der Waals surface area (Å²) in [6.07, 6.45) is 8.58. The number of hydrogen-bond donors (Lipinski definition) is 1. The van der Waals surface area contributed by atoms with Gasteiger partial charge < -0.3 is 5.32 Å². The van der Waals surface area contributed by atoms with Crippen molar-refractivity contribution in [3.8, 4) is 0 Å². The van der Waals surface area contributed by atoms with Gasteiger partial charge in [-0.25, -0.2) is 0 Å². The van der Waals surface area contributed by atoms with E-state index in [1.807, 2.05) is 0 Å². The molecule has 4 heteroatoms. The van der Waals surface area contributed by atoms with Crippen molar-refractivity contribution in [3.05, 3.63) is 0 Å². The van der Waals surface area contributed by atoms with Gasteiger partial charge in [-0.3, -0.25) is 14.6 Å². The number of carbonyl (C=O) groups excluding carboxylic acids is 1. The predicted octanol–water partition coefficient (Wildman–Crippen LogP) is 2.34. The summed E-state index contributed by atoms with van der Waals surface area (Å²) in [5, 5.41) is 3.15. The van der Waals surface area contributed by atoms with Crippen LogP contribution in [0.4, 0.5) is 0 Å². The molecule has 0 atom stereocenters. The molecule has 21 heavy (non-hydrogen) atoms. The van der Waals surface area contributed by atoms with Gasteiger partial charge in [0.25, 0.3) is 0 Å². The number of nitrogens with zero attached hydrogens (tertiary/aromatic N) is 2. The van der Waals surface area contributed by atoms with Crippen LogP contribution in [0, 0.1) is 0 Å². The Morgan fingerprint density at radius 3 is 2.29 bits per heavy atom. The summed E-state index contributed by atoms with van der Waals surface area (Å²) in [5.74, 6) is 0.293. The number of hydrogen-bond acceptors (Lipinski definition) is 3. The summed E-state index contributed by atoms with van der Waals surface area (Å²) in [6.45, 7) is 9.69. The van der Waals surface area contributed by atoms with E-state index in [2.05, 4.69) is 35.9 Å². The molecule has 2 saturated heterocycles. The molecule has 1 aliphatic carbocycles. The molecule has 3 rings (SSSR count). The van der Waals surface area contributed by atoms with Crippen molar-refractivity contribution < 1.29 is 4.79 Å². The molecule has 4 nitrogen and oxygen atoms in total. The second kappa shape index (κ2) is 5.54. The van der Waals surface area contributed by atoms with Crippen LogP contribution in [0.25, 0.3) is 0 Å². The van der Waals surface area contributed by atoms with Crippen LogP contribution in [0.5, 0.6) is 0 Å². The summed E-state index contributed by atoms with van der Waals surface area (Å²) in [4.78, 5) is 17.7. The van der Waals surface area contributed by atoms with Gasteiger partial charge in [-0.05, 0) is 46.5 Å². The van der Waals surface area contributed by atoms with Gasteiger partial charge in [0.05, 0.1) is 6.67 Å². The lowest BCUT2D eigenvalue weighted by atomic mass is 9.81. The Morgan fingerprint density at radius 1 is 1.10 bits per heavy atom. The maximum atomic E-state index is 12.6. The number of piperidine rings is 1. The lowest BCUT2D eigenvalue weighted by Gasteiger charge is -2.49. The highest BCUT2D eigenvalue weighted by Gasteiger charge is 2.52. The molecule has 0 aromatic rings. The lowest BCUT2D eigenvalue weighted by Crippen LogP contribution is -2.61. The number of likely N-dealkylation sites (tertiary alicyclic amines) is 1. The van der Waals surface area contributed by atoms with Crippen LogP contribution in [0.2, 0.25) is 0 Å². The van der Waals surface area contributed by atoms with Crippen molar-refractivity contribution in [2.45, 2.75) is 82.8 Å². The number of nitrogens with one attached hydrogen (secondary N) is 1. The van der Waals surface area contributed by atoms with Crippen molar-refractivity contribution in [1.82, 2.24) is 15.1 Å². The van der Waals surface area contributed by atoms with Crippen LogP contribution < -0.4 is 5.32 Å². The van der Waals surface area contributed by atoms with E-state index in [-0.39, 0.29) is 11.1 Å². The first-order valence-electron chi connectivity index (χ1n) is 8.74. The van der Waals surface area contributed by atoms with Gasteiger partial charge in [0, 0.05) is 24.7 Å². The highest BCUT2D eigenvalue weighted by Crippen LogP contribution is 2.38. The molecule has 0 aromatic carbocycles. The molecule has 3 aliphatic rings. The summed E-state index contributed by atoms with van der Waals surface area (Å²) >= 11 is 0. The number of rotatable bonds is 1. The zero-order chi connectivity index (χ0) is 15.1. The van der Waals surface area contributed by atoms with E-state index in [0.717, 1.165) is 32.6 Å². The second-order valence-corrected chi connectivity index (χ2v) is 8.12. The molecule has 0 aromatic heterocycles. The van der Waals surface area contributed by atoms with E-state index < -0.39 is 0 Å². The summed E-state index contributed by atoms with van der Waals surface area (Å²) in [6, 6.07) is 0.624. The quantitative estimate of drug-likeness (QED) is 0.806. The predicted molar refractivity (Wildman–Crippen MR) is 85.0 cm³/mol. The Balaban J connectivity index is 1.73. The van der Waals surface area contributed by atoms with Gasteiger partial charge in [0.15, 0.2) is 0 Å². The van der Waals surface area contributed by atoms with Crippen molar-refractivity contribution in [2.24, 2.45) is 0 Å². The van der Waals surface area contributed by atoms with Crippen LogP contribution in [0.15, 0.2) is 0 Å². The Hall–Kier alpha value is -0.610. The van der Waals surface area contributed by atoms with Gasteiger partial charge in [-0.15, -0.1) is 0 Å². The van der Waals surface area contributed by atoms with E-state index in [4.69, 9.17) is 0 Å². The van der Waals surface area contributed by atoms with Gasteiger partial charge in [0.1, 0.15) is 5.54 Å². The van der Waals surface area contributed by atoms with E-state index >= 15 is 0 Å². The fourth-order valence-electron chi connectivity index (χ4n) is 4.54. The third-order valence-corrected chi connectivity index (χ3v) is 5.94. The maximum Gasteiger partial charge on any atom is 0.241 e. The second-order valence-electron chi connectivity index (χ2n) is 8.12. The molecule has 2 heterocycles. The zero-order valence-electron chi connectivity index (χ0n) is 14.0. The monoisotopic (exact) mass is 293 g/mol. The van der Waals surface area contributed by atoms with Crippen LogP contribution >= 0.6 is 0 Å². The normalized spacial score (nSPS) is 29.0. The minimum Gasteiger partial charge on any atom is -0.342 e. The van der Waals surface area contributed by atoms with Gasteiger partial charge in [0.2, 0.25) is 5.91 Å². The van der Waals surface area contributed by atoms with E-state index in [1.54, 1.807) is 0 Å². The van der Waals surface area contributed by atoms with Crippen molar-refractivity contribution in [3.63, 3.8) is 0 Å². The first-order valence-corrected chi connectivity index (χ1v) is 8.74. The zero-order valence-corrected chi connectivity index (χ0v) is 14.0. The smallest absolute Gasteiger partial charge is 0.241 e. The van der Waals surface area contributed by atoms with Gasteiger partial charge in [-0.2, -0.15) is 0 Å². The molecule has 0 unspecified atom stereocenters. The highest BCUT2D eigenvalue weighted by atomic mass is 16.2. The van der Waals surface area contributed by atoms with Crippen LogP contribution in [0.3, 0.4) is 0 Å². The number of carbonyl (C=O) groups is 1. The van der Waals surface area contributed by atoms with Crippen LogP contribution in [-0.2, 0) is 4.79 Å². The molecule has 120 valence electrons. The first-order chi connectivity index (χ1) is 9.93. The van der Waals surface area contributed by atoms with Crippen molar-refractivity contribution >= 4 is 5.91 Å². The topological polar surface area (TPSA) is 35.6 Å². The molecule has 1 N–H and O–H groups in total. The SMILES string of the molecule is CC(C)(C)N1CCC2(CC1)C(=O)NCN2C1CCCCC1. The molecule has 0 radical (unpaired) electrons. The molecule has 2 aliphatic heterocycles. The molecule has 3 fully saturated rings. The molecule has 1 saturated carbocycles. The molecular weight excluding hydrogens is 262 g/mol. The maximum absolute atomic E-state index is 12.6. The third-order valence-electron chi connectivity index (χ3n) is 5.94. The Labute approximate surface area is 129 Å². The molecule has 0 bridgehead atoms. The standard InChI is InChI=1S/C17H31N3O/c1-16(2,3)19-11-9-17(10-12-19)15(21)18-13-20(17)14-7-5-4-6-8-14/h14H,4-13H2,1-3H3,(H,18,21).